The number of hydrogen-bond acceptors (Lipinski definition) is 5. The van der Waals surface area contributed by atoms with E-state index in [1.54, 1.807) is 42.5 Å². The van der Waals surface area contributed by atoms with Crippen molar-refractivity contribution in [1.82, 2.24) is 5.32 Å². The van der Waals surface area contributed by atoms with Gasteiger partial charge in [0, 0.05) is 11.1 Å². The molecule has 0 bridgehead atoms. The summed E-state index contributed by atoms with van der Waals surface area (Å²) in [6, 6.07) is 16.3. The zero-order chi connectivity index (χ0) is 25.9. The SMILES string of the molecule is COc1ccccc1N(C(=O)c1ccc2c(c1)OCCO2)C(C(=O)NC(C)(C)C)c1ccc(F)cc1. The van der Waals surface area contributed by atoms with E-state index < -0.39 is 29.2 Å². The van der Waals surface area contributed by atoms with E-state index in [0.717, 1.165) is 0 Å². The number of anilines is 1. The maximum atomic E-state index is 14.2. The van der Waals surface area contributed by atoms with Crippen molar-refractivity contribution in [3.8, 4) is 17.2 Å². The van der Waals surface area contributed by atoms with E-state index in [1.807, 2.05) is 20.8 Å². The van der Waals surface area contributed by atoms with Crippen LogP contribution in [-0.2, 0) is 4.79 Å². The molecule has 1 atom stereocenters. The van der Waals surface area contributed by atoms with Crippen molar-refractivity contribution in [2.75, 3.05) is 25.2 Å². The van der Waals surface area contributed by atoms with Crippen LogP contribution in [0.2, 0.25) is 0 Å². The molecule has 36 heavy (non-hydrogen) atoms. The number of carbonyl (C=O) groups is 2. The summed E-state index contributed by atoms with van der Waals surface area (Å²) in [5.74, 6) is 0.0577. The molecule has 1 N–H and O–H groups in total. The molecule has 1 aliphatic rings. The van der Waals surface area contributed by atoms with Crippen LogP contribution in [0, 0.1) is 5.82 Å². The number of para-hydroxylation sites is 2. The number of nitrogens with one attached hydrogen (secondary N) is 1. The van der Waals surface area contributed by atoms with E-state index in [2.05, 4.69) is 5.32 Å². The number of fused-ring (bicyclic) bond motifs is 1. The van der Waals surface area contributed by atoms with Gasteiger partial charge in [-0.15, -0.1) is 0 Å². The maximum absolute atomic E-state index is 14.2. The summed E-state index contributed by atoms with van der Waals surface area (Å²) in [5, 5.41) is 2.96. The molecule has 8 heteroatoms. The summed E-state index contributed by atoms with van der Waals surface area (Å²) in [6.45, 7) is 6.34. The highest BCUT2D eigenvalue weighted by Gasteiger charge is 2.36. The number of methoxy groups -OCH3 is 1. The van der Waals surface area contributed by atoms with Gasteiger partial charge in [-0.2, -0.15) is 0 Å². The smallest absolute Gasteiger partial charge is 0.259 e. The van der Waals surface area contributed by atoms with Crippen LogP contribution in [0.25, 0.3) is 0 Å². The first-order valence-corrected chi connectivity index (χ1v) is 11.6. The minimum Gasteiger partial charge on any atom is -0.495 e. The predicted molar refractivity (Wildman–Crippen MR) is 134 cm³/mol. The van der Waals surface area contributed by atoms with Gasteiger partial charge >= 0.3 is 0 Å². The number of nitrogens with zero attached hydrogens (tertiary/aromatic N) is 1. The molecule has 0 radical (unpaired) electrons. The molecular weight excluding hydrogens is 463 g/mol. The second-order valence-corrected chi connectivity index (χ2v) is 9.40. The van der Waals surface area contributed by atoms with Gasteiger partial charge in [-0.25, -0.2) is 4.39 Å². The van der Waals surface area contributed by atoms with Crippen LogP contribution in [0.1, 0.15) is 42.7 Å². The fourth-order valence-electron chi connectivity index (χ4n) is 4.01. The first-order chi connectivity index (χ1) is 17.2. The van der Waals surface area contributed by atoms with Crippen LogP contribution >= 0.6 is 0 Å². The average Bonchev–Trinajstić information content (AvgIpc) is 2.86. The number of benzene rings is 3. The van der Waals surface area contributed by atoms with Crippen molar-refractivity contribution in [3.63, 3.8) is 0 Å². The Hall–Kier alpha value is -4.07. The molecule has 3 aromatic carbocycles. The largest absolute Gasteiger partial charge is 0.495 e. The summed E-state index contributed by atoms with van der Waals surface area (Å²) in [6.07, 6.45) is 0. The summed E-state index contributed by atoms with van der Waals surface area (Å²) in [4.78, 5) is 29.3. The van der Waals surface area contributed by atoms with Gasteiger partial charge in [-0.3, -0.25) is 14.5 Å². The summed E-state index contributed by atoms with van der Waals surface area (Å²) in [7, 11) is 1.49. The molecule has 188 valence electrons. The molecule has 0 saturated carbocycles. The van der Waals surface area contributed by atoms with E-state index in [0.29, 0.717) is 47.3 Å². The lowest BCUT2D eigenvalue weighted by Gasteiger charge is -2.34. The van der Waals surface area contributed by atoms with Gasteiger partial charge in [0.15, 0.2) is 11.5 Å². The summed E-state index contributed by atoms with van der Waals surface area (Å²) >= 11 is 0. The van der Waals surface area contributed by atoms with E-state index in [9.17, 15) is 14.0 Å². The monoisotopic (exact) mass is 492 g/mol. The van der Waals surface area contributed by atoms with E-state index in [-0.39, 0.29) is 0 Å². The van der Waals surface area contributed by atoms with E-state index >= 15 is 0 Å². The van der Waals surface area contributed by atoms with Gasteiger partial charge in [0.25, 0.3) is 5.91 Å². The minimum absolute atomic E-state index is 0.292. The van der Waals surface area contributed by atoms with Crippen molar-refractivity contribution < 1.29 is 28.2 Å². The Morgan fingerprint density at radius 2 is 1.64 bits per heavy atom. The fourth-order valence-corrected chi connectivity index (χ4v) is 4.01. The molecular formula is C28H29FN2O5. The zero-order valence-corrected chi connectivity index (χ0v) is 20.7. The molecule has 3 aromatic rings. The van der Waals surface area contributed by atoms with Gasteiger partial charge in [0.05, 0.1) is 12.8 Å². The highest BCUT2D eigenvalue weighted by Crippen LogP contribution is 2.38. The second-order valence-electron chi connectivity index (χ2n) is 9.40. The third-order valence-electron chi connectivity index (χ3n) is 5.54. The second kappa shape index (κ2) is 10.3. The summed E-state index contributed by atoms with van der Waals surface area (Å²) < 4.78 is 30.6. The minimum atomic E-state index is -1.12. The lowest BCUT2D eigenvalue weighted by molar-refractivity contribution is -0.123. The van der Waals surface area contributed by atoms with Crippen molar-refractivity contribution in [2.24, 2.45) is 0 Å². The van der Waals surface area contributed by atoms with Gasteiger partial charge in [0.2, 0.25) is 5.91 Å². The third-order valence-corrected chi connectivity index (χ3v) is 5.54. The number of hydrogen-bond donors (Lipinski definition) is 1. The Labute approximate surface area is 209 Å². The fraction of sp³-hybridized carbons (Fsp3) is 0.286. The molecule has 0 spiro atoms. The maximum Gasteiger partial charge on any atom is 0.259 e. The van der Waals surface area contributed by atoms with Crippen LogP contribution in [0.3, 0.4) is 0 Å². The molecule has 2 amide bonds. The first-order valence-electron chi connectivity index (χ1n) is 11.6. The lowest BCUT2D eigenvalue weighted by Crippen LogP contribution is -2.49. The number of ether oxygens (including phenoxy) is 3. The molecule has 0 aromatic heterocycles. The topological polar surface area (TPSA) is 77.1 Å². The number of amides is 2. The summed E-state index contributed by atoms with van der Waals surface area (Å²) in [5.41, 5.74) is 0.538. The zero-order valence-electron chi connectivity index (χ0n) is 20.7. The lowest BCUT2D eigenvalue weighted by atomic mass is 9.99. The molecule has 7 nitrogen and oxygen atoms in total. The van der Waals surface area contributed by atoms with Crippen LogP contribution in [-0.4, -0.2) is 37.7 Å². The quantitative estimate of drug-likeness (QED) is 0.529. The van der Waals surface area contributed by atoms with E-state index in [4.69, 9.17) is 14.2 Å². The Balaban J connectivity index is 1.89. The Kier molecular flexibility index (Phi) is 7.15. The van der Waals surface area contributed by atoms with Crippen LogP contribution < -0.4 is 24.4 Å². The van der Waals surface area contributed by atoms with Gasteiger partial charge in [0.1, 0.15) is 30.8 Å². The first kappa shape index (κ1) is 25.0. The normalized spacial score (nSPS) is 13.5. The Bertz CT molecular complexity index is 1250. The molecule has 4 rings (SSSR count). The molecule has 0 saturated heterocycles. The van der Waals surface area contributed by atoms with Crippen LogP contribution in [0.15, 0.2) is 66.7 Å². The number of carbonyl (C=O) groups excluding carboxylic acids is 2. The molecule has 0 fully saturated rings. The molecule has 1 heterocycles. The van der Waals surface area contributed by atoms with Crippen LogP contribution in [0.5, 0.6) is 17.2 Å². The number of rotatable bonds is 6. The Morgan fingerprint density at radius 3 is 2.31 bits per heavy atom. The van der Waals surface area contributed by atoms with Gasteiger partial charge in [-0.1, -0.05) is 24.3 Å². The molecule has 0 aliphatic carbocycles. The average molecular weight is 493 g/mol. The van der Waals surface area contributed by atoms with Crippen molar-refractivity contribution in [2.45, 2.75) is 32.4 Å². The van der Waals surface area contributed by atoms with Crippen LogP contribution in [0.4, 0.5) is 10.1 Å². The van der Waals surface area contributed by atoms with E-state index in [1.165, 1.54) is 36.3 Å². The molecule has 1 unspecified atom stereocenters. The highest BCUT2D eigenvalue weighted by atomic mass is 19.1. The van der Waals surface area contributed by atoms with Gasteiger partial charge < -0.3 is 19.5 Å². The third kappa shape index (κ3) is 5.43. The standard InChI is InChI=1S/C28H29FN2O5/c1-28(2,3)30-26(32)25(18-9-12-20(29)13-10-18)31(21-7-5-6-8-22(21)34-4)27(33)19-11-14-23-24(17-19)36-16-15-35-23/h5-14,17,25H,15-16H2,1-4H3,(H,30,32). The van der Waals surface area contributed by atoms with Crippen molar-refractivity contribution >= 4 is 17.5 Å². The Morgan fingerprint density at radius 1 is 0.972 bits per heavy atom. The molecule has 1 aliphatic heterocycles. The highest BCUT2D eigenvalue weighted by molar-refractivity contribution is 6.11. The predicted octanol–water partition coefficient (Wildman–Crippen LogP) is 4.91. The van der Waals surface area contributed by atoms with Crippen molar-refractivity contribution in [1.29, 1.82) is 0 Å². The number of halogens is 1. The van der Waals surface area contributed by atoms with Crippen molar-refractivity contribution in [3.05, 3.63) is 83.7 Å². The van der Waals surface area contributed by atoms with Gasteiger partial charge in [-0.05, 0) is 68.8 Å².